The Hall–Kier alpha value is -3.94. The molecular weight excluding hydrogens is 328 g/mol. The molecule has 0 saturated carbocycles. The lowest BCUT2D eigenvalue weighted by atomic mass is 10.2. The van der Waals surface area contributed by atoms with Gasteiger partial charge in [0.05, 0.1) is 22.7 Å². The normalized spacial score (nSPS) is 11.4. The molecule has 0 aromatic heterocycles. The number of nitrogen functional groups attached to an aromatic ring is 4. The molecule has 26 heavy (non-hydrogen) atoms. The lowest BCUT2D eigenvalue weighted by Crippen LogP contribution is -1.90. The van der Waals surface area contributed by atoms with E-state index in [-0.39, 0.29) is 0 Å². The van der Waals surface area contributed by atoms with E-state index in [9.17, 15) is 0 Å². The number of hydrogen-bond acceptors (Lipinski definition) is 8. The van der Waals surface area contributed by atoms with Crippen molar-refractivity contribution in [2.75, 3.05) is 22.9 Å². The summed E-state index contributed by atoms with van der Waals surface area (Å²) < 4.78 is 0. The van der Waals surface area contributed by atoms with Gasteiger partial charge in [-0.2, -0.15) is 10.2 Å². The molecule has 0 atom stereocenters. The second kappa shape index (κ2) is 7.31. The number of nitrogens with zero attached hydrogens (tertiary/aromatic N) is 4. The van der Waals surface area contributed by atoms with E-state index >= 15 is 0 Å². The monoisotopic (exact) mass is 346 g/mol. The Morgan fingerprint density at radius 2 is 0.846 bits per heavy atom. The molecule has 3 rings (SSSR count). The van der Waals surface area contributed by atoms with Crippen molar-refractivity contribution in [3.63, 3.8) is 0 Å². The number of rotatable bonds is 4. The van der Waals surface area contributed by atoms with Crippen LogP contribution in [-0.4, -0.2) is 0 Å². The number of hydrogen-bond donors (Lipinski definition) is 4. The van der Waals surface area contributed by atoms with Crippen LogP contribution in [0.5, 0.6) is 0 Å². The van der Waals surface area contributed by atoms with E-state index in [2.05, 4.69) is 20.5 Å². The van der Waals surface area contributed by atoms with E-state index in [1.807, 2.05) is 0 Å². The molecule has 0 heterocycles. The first-order valence-electron chi connectivity index (χ1n) is 7.75. The summed E-state index contributed by atoms with van der Waals surface area (Å²) in [5, 5.41) is 16.6. The summed E-state index contributed by atoms with van der Waals surface area (Å²) in [5.41, 5.74) is 27.5. The fraction of sp³-hybridized carbons (Fsp3) is 0. The molecule has 130 valence electrons. The third kappa shape index (κ3) is 4.12. The predicted octanol–water partition coefficient (Wildman–Crippen LogP) is 4.85. The first kappa shape index (κ1) is 16.9. The minimum Gasteiger partial charge on any atom is -0.399 e. The molecule has 0 bridgehead atoms. The number of azo groups is 2. The lowest BCUT2D eigenvalue weighted by molar-refractivity contribution is 1.21. The van der Waals surface area contributed by atoms with Gasteiger partial charge in [0.1, 0.15) is 11.4 Å². The van der Waals surface area contributed by atoms with Gasteiger partial charge in [0.2, 0.25) is 0 Å². The molecule has 3 aromatic rings. The first-order valence-corrected chi connectivity index (χ1v) is 7.75. The SMILES string of the molecule is Nc1ccc(N=Nc2cc(N=Nc3ccc(N)cc3)c(N)cc2N)cc1. The number of anilines is 4. The Bertz CT molecular complexity index is 883. The maximum absolute atomic E-state index is 5.96. The van der Waals surface area contributed by atoms with Crippen LogP contribution in [0.4, 0.5) is 45.5 Å². The van der Waals surface area contributed by atoms with Gasteiger partial charge in [-0.3, -0.25) is 0 Å². The van der Waals surface area contributed by atoms with Gasteiger partial charge in [0.25, 0.3) is 0 Å². The minimum atomic E-state index is 0.396. The number of nitrogens with two attached hydrogens (primary N) is 4. The van der Waals surface area contributed by atoms with E-state index in [4.69, 9.17) is 22.9 Å². The van der Waals surface area contributed by atoms with Crippen LogP contribution in [0.1, 0.15) is 0 Å². The molecule has 3 aromatic carbocycles. The summed E-state index contributed by atoms with van der Waals surface area (Å²) in [6, 6.07) is 17.2. The van der Waals surface area contributed by atoms with Crippen LogP contribution < -0.4 is 22.9 Å². The van der Waals surface area contributed by atoms with Crippen LogP contribution in [0.2, 0.25) is 0 Å². The zero-order chi connectivity index (χ0) is 18.5. The minimum absolute atomic E-state index is 0.396. The van der Waals surface area contributed by atoms with E-state index in [1.165, 1.54) is 0 Å². The molecule has 0 unspecified atom stereocenters. The Balaban J connectivity index is 1.86. The van der Waals surface area contributed by atoms with E-state index in [1.54, 1.807) is 60.7 Å². The van der Waals surface area contributed by atoms with Gasteiger partial charge in [-0.1, -0.05) is 0 Å². The molecule has 8 heteroatoms. The highest BCUT2D eigenvalue weighted by atomic mass is 15.1. The molecule has 0 fully saturated rings. The average molecular weight is 346 g/mol. The average Bonchev–Trinajstić information content (AvgIpc) is 2.63. The van der Waals surface area contributed by atoms with Crippen molar-refractivity contribution in [3.8, 4) is 0 Å². The molecule has 8 nitrogen and oxygen atoms in total. The second-order valence-corrected chi connectivity index (χ2v) is 5.55. The second-order valence-electron chi connectivity index (χ2n) is 5.55. The lowest BCUT2D eigenvalue weighted by Gasteiger charge is -2.04. The van der Waals surface area contributed by atoms with Gasteiger partial charge in [-0.15, -0.1) is 10.2 Å². The van der Waals surface area contributed by atoms with Crippen LogP contribution in [0.25, 0.3) is 0 Å². The standard InChI is InChI=1S/C18H18N8/c19-11-1-5-13(6-2-11)23-25-17-10-18(16(22)9-15(17)21)26-24-14-7-3-12(20)4-8-14/h1-10H,19-22H2. The molecule has 0 aliphatic rings. The van der Waals surface area contributed by atoms with Crippen LogP contribution in [-0.2, 0) is 0 Å². The van der Waals surface area contributed by atoms with E-state index in [0.29, 0.717) is 45.5 Å². The third-order valence-corrected chi connectivity index (χ3v) is 3.51. The van der Waals surface area contributed by atoms with Crippen molar-refractivity contribution in [2.45, 2.75) is 0 Å². The highest BCUT2D eigenvalue weighted by Crippen LogP contribution is 2.35. The molecule has 0 radical (unpaired) electrons. The Labute approximate surface area is 150 Å². The van der Waals surface area contributed by atoms with E-state index < -0.39 is 0 Å². The molecule has 8 N–H and O–H groups in total. The largest absolute Gasteiger partial charge is 0.399 e. The zero-order valence-electron chi connectivity index (χ0n) is 13.9. The third-order valence-electron chi connectivity index (χ3n) is 3.51. The summed E-state index contributed by atoms with van der Waals surface area (Å²) in [4.78, 5) is 0. The van der Waals surface area contributed by atoms with Crippen LogP contribution in [0.15, 0.2) is 81.1 Å². The topological polar surface area (TPSA) is 154 Å². The van der Waals surface area contributed by atoms with E-state index in [0.717, 1.165) is 0 Å². The highest BCUT2D eigenvalue weighted by Gasteiger charge is 2.05. The number of benzene rings is 3. The van der Waals surface area contributed by atoms with Crippen molar-refractivity contribution in [1.29, 1.82) is 0 Å². The maximum Gasteiger partial charge on any atom is 0.111 e. The Kier molecular flexibility index (Phi) is 4.75. The zero-order valence-corrected chi connectivity index (χ0v) is 13.9. The van der Waals surface area contributed by atoms with Crippen molar-refractivity contribution in [3.05, 3.63) is 60.7 Å². The first-order chi connectivity index (χ1) is 12.5. The molecule has 0 amide bonds. The fourth-order valence-electron chi connectivity index (χ4n) is 2.09. The predicted molar refractivity (Wildman–Crippen MR) is 105 cm³/mol. The van der Waals surface area contributed by atoms with Gasteiger partial charge in [0.15, 0.2) is 0 Å². The quantitative estimate of drug-likeness (QED) is 0.394. The van der Waals surface area contributed by atoms with Crippen molar-refractivity contribution in [2.24, 2.45) is 20.5 Å². The molecule has 0 aliphatic heterocycles. The Morgan fingerprint density at radius 1 is 0.462 bits per heavy atom. The smallest absolute Gasteiger partial charge is 0.111 e. The summed E-state index contributed by atoms with van der Waals surface area (Å²) >= 11 is 0. The van der Waals surface area contributed by atoms with Gasteiger partial charge >= 0.3 is 0 Å². The van der Waals surface area contributed by atoms with Crippen LogP contribution in [0.3, 0.4) is 0 Å². The maximum atomic E-state index is 5.96. The molecular formula is C18H18N8. The Morgan fingerprint density at radius 3 is 1.23 bits per heavy atom. The molecule has 0 spiro atoms. The summed E-state index contributed by atoms with van der Waals surface area (Å²) in [6.07, 6.45) is 0. The van der Waals surface area contributed by atoms with Crippen LogP contribution in [0, 0.1) is 0 Å². The van der Waals surface area contributed by atoms with Gasteiger partial charge in [0, 0.05) is 11.4 Å². The molecule has 0 saturated heterocycles. The van der Waals surface area contributed by atoms with Gasteiger partial charge in [-0.25, -0.2) is 0 Å². The molecule has 0 aliphatic carbocycles. The fourth-order valence-corrected chi connectivity index (χ4v) is 2.09. The van der Waals surface area contributed by atoms with Gasteiger partial charge in [-0.05, 0) is 60.7 Å². The van der Waals surface area contributed by atoms with Crippen molar-refractivity contribution < 1.29 is 0 Å². The van der Waals surface area contributed by atoms with Crippen molar-refractivity contribution >= 4 is 45.5 Å². The summed E-state index contributed by atoms with van der Waals surface area (Å²) in [6.45, 7) is 0. The highest BCUT2D eigenvalue weighted by molar-refractivity contribution is 5.77. The summed E-state index contributed by atoms with van der Waals surface area (Å²) in [7, 11) is 0. The van der Waals surface area contributed by atoms with Crippen LogP contribution >= 0.6 is 0 Å². The van der Waals surface area contributed by atoms with Gasteiger partial charge < -0.3 is 22.9 Å². The summed E-state index contributed by atoms with van der Waals surface area (Å²) in [5.74, 6) is 0. The van der Waals surface area contributed by atoms with Crippen molar-refractivity contribution in [1.82, 2.24) is 0 Å².